The van der Waals surface area contributed by atoms with E-state index in [1.807, 2.05) is 13.0 Å². The van der Waals surface area contributed by atoms with Crippen molar-refractivity contribution in [1.82, 2.24) is 5.32 Å². The minimum Gasteiger partial charge on any atom is -0.356 e. The summed E-state index contributed by atoms with van der Waals surface area (Å²) in [6.45, 7) is 4.42. The van der Waals surface area contributed by atoms with Crippen molar-refractivity contribution in [3.63, 3.8) is 0 Å². The Morgan fingerprint density at radius 1 is 1.53 bits per heavy atom. The van der Waals surface area contributed by atoms with Crippen LogP contribution in [0, 0.1) is 18.7 Å². The van der Waals surface area contributed by atoms with E-state index >= 15 is 0 Å². The highest BCUT2D eigenvalue weighted by Gasteiger charge is 2.16. The maximum absolute atomic E-state index is 13.4. The number of benzene rings is 1. The van der Waals surface area contributed by atoms with Gasteiger partial charge in [0.1, 0.15) is 5.82 Å². The lowest BCUT2D eigenvalue weighted by Gasteiger charge is -2.14. The molecule has 94 valence electrons. The smallest absolute Gasteiger partial charge is 0.224 e. The number of rotatable bonds is 5. The number of hydrogen-bond donors (Lipinski definition) is 2. The molecule has 1 aromatic rings. The van der Waals surface area contributed by atoms with E-state index in [9.17, 15) is 9.18 Å². The highest BCUT2D eigenvalue weighted by molar-refractivity contribution is 5.79. The average molecular weight is 238 g/mol. The van der Waals surface area contributed by atoms with Gasteiger partial charge in [0.2, 0.25) is 5.91 Å². The van der Waals surface area contributed by atoms with Gasteiger partial charge in [0.15, 0.2) is 0 Å². The number of hydrogen-bond acceptors (Lipinski definition) is 2. The third kappa shape index (κ3) is 3.82. The summed E-state index contributed by atoms with van der Waals surface area (Å²) in [5, 5.41) is 2.73. The number of aryl methyl sites for hydroxylation is 1. The van der Waals surface area contributed by atoms with Crippen LogP contribution in [0.4, 0.5) is 4.39 Å². The molecule has 0 bridgehead atoms. The van der Waals surface area contributed by atoms with Crippen LogP contribution in [-0.4, -0.2) is 19.0 Å². The van der Waals surface area contributed by atoms with Crippen LogP contribution in [-0.2, 0) is 11.2 Å². The number of nitrogens with two attached hydrogens (primary N) is 1. The Balaban J connectivity index is 2.73. The Hall–Kier alpha value is -1.42. The number of carbonyl (C=O) groups is 1. The molecule has 1 unspecified atom stereocenters. The summed E-state index contributed by atoms with van der Waals surface area (Å²) in [7, 11) is 0. The van der Waals surface area contributed by atoms with E-state index in [0.717, 1.165) is 5.56 Å². The van der Waals surface area contributed by atoms with Crippen molar-refractivity contribution in [2.45, 2.75) is 20.3 Å². The first kappa shape index (κ1) is 13.6. The van der Waals surface area contributed by atoms with Crippen molar-refractivity contribution in [3.8, 4) is 0 Å². The standard InChI is InChI=1S/C13H19FN2O/c1-3-16-13(17)11(8-15)6-10-5-4-9(2)12(14)7-10/h4-5,7,11H,3,6,8,15H2,1-2H3,(H,16,17). The molecule has 3 N–H and O–H groups in total. The van der Waals surface area contributed by atoms with Gasteiger partial charge in [0.25, 0.3) is 0 Å². The fraction of sp³-hybridized carbons (Fsp3) is 0.462. The van der Waals surface area contributed by atoms with Crippen molar-refractivity contribution in [1.29, 1.82) is 0 Å². The van der Waals surface area contributed by atoms with E-state index in [1.165, 1.54) is 6.07 Å². The summed E-state index contributed by atoms with van der Waals surface area (Å²) >= 11 is 0. The molecule has 1 aromatic carbocycles. The van der Waals surface area contributed by atoms with Gasteiger partial charge in [-0.3, -0.25) is 4.79 Å². The lowest BCUT2D eigenvalue weighted by Crippen LogP contribution is -2.36. The highest BCUT2D eigenvalue weighted by Crippen LogP contribution is 2.13. The summed E-state index contributed by atoms with van der Waals surface area (Å²) in [4.78, 5) is 11.6. The van der Waals surface area contributed by atoms with Gasteiger partial charge in [-0.15, -0.1) is 0 Å². The minimum absolute atomic E-state index is 0.0732. The van der Waals surface area contributed by atoms with Gasteiger partial charge in [-0.25, -0.2) is 4.39 Å². The second kappa shape index (κ2) is 6.35. The lowest BCUT2D eigenvalue weighted by atomic mass is 9.97. The number of nitrogens with one attached hydrogen (secondary N) is 1. The van der Waals surface area contributed by atoms with Crippen molar-refractivity contribution >= 4 is 5.91 Å². The fourth-order valence-corrected chi connectivity index (χ4v) is 1.65. The summed E-state index contributed by atoms with van der Waals surface area (Å²) in [5.74, 6) is -0.609. The van der Waals surface area contributed by atoms with E-state index in [4.69, 9.17) is 5.73 Å². The van der Waals surface area contributed by atoms with Crippen molar-refractivity contribution in [2.75, 3.05) is 13.1 Å². The predicted octanol–water partition coefficient (Wildman–Crippen LogP) is 1.39. The fourth-order valence-electron chi connectivity index (χ4n) is 1.65. The quantitative estimate of drug-likeness (QED) is 0.814. The molecule has 1 atom stereocenters. The Morgan fingerprint density at radius 3 is 2.76 bits per heavy atom. The summed E-state index contributed by atoms with van der Waals surface area (Å²) < 4.78 is 13.4. The van der Waals surface area contributed by atoms with Crippen LogP contribution in [0.25, 0.3) is 0 Å². The third-order valence-electron chi connectivity index (χ3n) is 2.72. The van der Waals surface area contributed by atoms with E-state index in [1.54, 1.807) is 13.0 Å². The molecule has 1 rings (SSSR count). The average Bonchev–Trinajstić information content (AvgIpc) is 2.30. The maximum atomic E-state index is 13.4. The van der Waals surface area contributed by atoms with Crippen LogP contribution >= 0.6 is 0 Å². The van der Waals surface area contributed by atoms with Gasteiger partial charge < -0.3 is 11.1 Å². The molecule has 1 amide bonds. The Bertz CT molecular complexity index is 393. The minimum atomic E-state index is -0.294. The van der Waals surface area contributed by atoms with Crippen LogP contribution in [0.2, 0.25) is 0 Å². The lowest BCUT2D eigenvalue weighted by molar-refractivity contribution is -0.124. The molecular formula is C13H19FN2O. The molecule has 0 aliphatic carbocycles. The zero-order chi connectivity index (χ0) is 12.8. The van der Waals surface area contributed by atoms with Crippen molar-refractivity contribution in [2.24, 2.45) is 11.7 Å². The molecule has 0 aromatic heterocycles. The molecule has 0 aliphatic heterocycles. The number of carbonyl (C=O) groups excluding carboxylic acids is 1. The van der Waals surface area contributed by atoms with Gasteiger partial charge in [-0.2, -0.15) is 0 Å². The van der Waals surface area contributed by atoms with Gasteiger partial charge in [-0.05, 0) is 37.5 Å². The van der Waals surface area contributed by atoms with Crippen LogP contribution < -0.4 is 11.1 Å². The predicted molar refractivity (Wildman–Crippen MR) is 66.1 cm³/mol. The maximum Gasteiger partial charge on any atom is 0.224 e. The van der Waals surface area contributed by atoms with E-state index in [-0.39, 0.29) is 24.2 Å². The Kier molecular flexibility index (Phi) is 5.10. The van der Waals surface area contributed by atoms with Gasteiger partial charge in [-0.1, -0.05) is 12.1 Å². The number of amides is 1. The SMILES string of the molecule is CCNC(=O)C(CN)Cc1ccc(C)c(F)c1. The molecule has 3 nitrogen and oxygen atoms in total. The van der Waals surface area contributed by atoms with Gasteiger partial charge in [0, 0.05) is 13.1 Å². The summed E-state index contributed by atoms with van der Waals surface area (Å²) in [6, 6.07) is 5.02. The second-order valence-corrected chi connectivity index (χ2v) is 4.11. The van der Waals surface area contributed by atoms with Crippen LogP contribution in [0.5, 0.6) is 0 Å². The molecule has 0 heterocycles. The van der Waals surface area contributed by atoms with Crippen LogP contribution in [0.1, 0.15) is 18.1 Å². The molecule has 0 radical (unpaired) electrons. The van der Waals surface area contributed by atoms with Crippen LogP contribution in [0.15, 0.2) is 18.2 Å². The number of halogens is 1. The first-order valence-electron chi connectivity index (χ1n) is 5.81. The molecule has 0 aliphatic rings. The third-order valence-corrected chi connectivity index (χ3v) is 2.72. The first-order valence-corrected chi connectivity index (χ1v) is 5.81. The summed E-state index contributed by atoms with van der Waals surface area (Å²) in [5.41, 5.74) is 6.97. The largest absolute Gasteiger partial charge is 0.356 e. The topological polar surface area (TPSA) is 55.1 Å². The molecule has 17 heavy (non-hydrogen) atoms. The normalized spacial score (nSPS) is 12.2. The monoisotopic (exact) mass is 238 g/mol. The van der Waals surface area contributed by atoms with Gasteiger partial charge >= 0.3 is 0 Å². The molecule has 0 fully saturated rings. The van der Waals surface area contributed by atoms with Crippen molar-refractivity contribution in [3.05, 3.63) is 35.1 Å². The first-order chi connectivity index (χ1) is 8.08. The zero-order valence-electron chi connectivity index (χ0n) is 10.3. The zero-order valence-corrected chi connectivity index (χ0v) is 10.3. The van der Waals surface area contributed by atoms with Crippen molar-refractivity contribution < 1.29 is 9.18 Å². The second-order valence-electron chi connectivity index (χ2n) is 4.11. The molecular weight excluding hydrogens is 219 g/mol. The molecule has 0 spiro atoms. The Labute approximate surface area is 101 Å². The van der Waals surface area contributed by atoms with Gasteiger partial charge in [0.05, 0.1) is 5.92 Å². The highest BCUT2D eigenvalue weighted by atomic mass is 19.1. The van der Waals surface area contributed by atoms with E-state index in [0.29, 0.717) is 18.5 Å². The van der Waals surface area contributed by atoms with E-state index in [2.05, 4.69) is 5.32 Å². The summed E-state index contributed by atoms with van der Waals surface area (Å²) in [6.07, 6.45) is 0.472. The van der Waals surface area contributed by atoms with E-state index < -0.39 is 0 Å². The molecule has 4 heteroatoms. The molecule has 0 saturated carbocycles. The Morgan fingerprint density at radius 2 is 2.24 bits per heavy atom. The molecule has 0 saturated heterocycles. The van der Waals surface area contributed by atoms with Crippen LogP contribution in [0.3, 0.4) is 0 Å².